The fourth-order valence-corrected chi connectivity index (χ4v) is 2.63. The first kappa shape index (κ1) is 15.1. The highest BCUT2D eigenvalue weighted by Gasteiger charge is 2.27. The minimum Gasteiger partial charge on any atom is -0.456 e. The second-order valence-electron chi connectivity index (χ2n) is 5.42. The van der Waals surface area contributed by atoms with E-state index < -0.39 is 0 Å². The summed E-state index contributed by atoms with van der Waals surface area (Å²) in [7, 11) is 0. The fraction of sp³-hybridized carbons (Fsp3) is 0.667. The van der Waals surface area contributed by atoms with Crippen LogP contribution in [0.3, 0.4) is 0 Å². The van der Waals surface area contributed by atoms with Crippen LogP contribution < -0.4 is 0 Å². The van der Waals surface area contributed by atoms with Crippen LogP contribution in [0.2, 0.25) is 0 Å². The third-order valence-corrected chi connectivity index (χ3v) is 4.18. The number of aliphatic hydroxyl groups excluding tert-OH is 1. The normalized spacial score (nSPS) is 18.3. The Morgan fingerprint density at radius 3 is 2.45 bits per heavy atom. The van der Waals surface area contributed by atoms with Gasteiger partial charge < -0.3 is 14.4 Å². The van der Waals surface area contributed by atoms with E-state index >= 15 is 0 Å². The first-order valence-corrected chi connectivity index (χ1v) is 7.28. The van der Waals surface area contributed by atoms with Crippen molar-refractivity contribution in [1.29, 1.82) is 0 Å². The number of carbonyl (C=O) groups is 1. The van der Waals surface area contributed by atoms with Crippen molar-refractivity contribution in [3.8, 4) is 0 Å². The molecular formula is C15H24N2O3. The van der Waals surface area contributed by atoms with Crippen molar-refractivity contribution in [2.45, 2.75) is 33.2 Å². The molecule has 1 aliphatic rings. The average molecular weight is 280 g/mol. The third-order valence-electron chi connectivity index (χ3n) is 4.18. The zero-order valence-corrected chi connectivity index (χ0v) is 12.6. The molecule has 1 N–H and O–H groups in total. The van der Waals surface area contributed by atoms with Crippen molar-refractivity contribution in [2.24, 2.45) is 0 Å². The maximum absolute atomic E-state index is 12.3. The number of aliphatic hydroxyl groups is 1. The molecule has 2 rings (SSSR count). The fourth-order valence-electron chi connectivity index (χ4n) is 2.63. The van der Waals surface area contributed by atoms with Crippen molar-refractivity contribution in [1.82, 2.24) is 9.80 Å². The molecule has 1 amide bonds. The maximum Gasteiger partial charge on any atom is 0.289 e. The Morgan fingerprint density at radius 2 is 2.00 bits per heavy atom. The Balaban J connectivity index is 1.95. The molecule has 0 aromatic carbocycles. The van der Waals surface area contributed by atoms with Gasteiger partial charge in [-0.1, -0.05) is 6.92 Å². The molecule has 1 aromatic heterocycles. The van der Waals surface area contributed by atoms with Crippen molar-refractivity contribution < 1.29 is 14.3 Å². The highest BCUT2D eigenvalue weighted by Crippen LogP contribution is 2.17. The lowest BCUT2D eigenvalue weighted by molar-refractivity contribution is 0.0449. The number of rotatable bonds is 4. The highest BCUT2D eigenvalue weighted by atomic mass is 16.4. The Morgan fingerprint density at radius 1 is 1.35 bits per heavy atom. The lowest BCUT2D eigenvalue weighted by Gasteiger charge is -2.38. The number of piperazine rings is 1. The summed E-state index contributed by atoms with van der Waals surface area (Å²) in [4.78, 5) is 16.4. The predicted molar refractivity (Wildman–Crippen MR) is 76.8 cm³/mol. The minimum atomic E-state index is -0.0297. The van der Waals surface area contributed by atoms with E-state index in [0.717, 1.165) is 30.8 Å². The van der Waals surface area contributed by atoms with Crippen molar-refractivity contribution in [3.63, 3.8) is 0 Å². The molecular weight excluding hydrogens is 256 g/mol. The molecule has 5 nitrogen and oxygen atoms in total. The van der Waals surface area contributed by atoms with Crippen LogP contribution in [0.1, 0.15) is 35.2 Å². The summed E-state index contributed by atoms with van der Waals surface area (Å²) in [6, 6.07) is 2.02. The van der Waals surface area contributed by atoms with Crippen molar-refractivity contribution >= 4 is 5.91 Å². The van der Waals surface area contributed by atoms with Gasteiger partial charge in [0.25, 0.3) is 5.91 Å². The van der Waals surface area contributed by atoms with Gasteiger partial charge in [-0.15, -0.1) is 0 Å². The van der Waals surface area contributed by atoms with Crippen LogP contribution in [0.4, 0.5) is 0 Å². The topological polar surface area (TPSA) is 56.9 Å². The molecule has 112 valence electrons. The summed E-state index contributed by atoms with van der Waals surface area (Å²) in [5.41, 5.74) is 1.01. The monoisotopic (exact) mass is 280 g/mol. The van der Waals surface area contributed by atoms with Gasteiger partial charge in [0.15, 0.2) is 5.76 Å². The van der Waals surface area contributed by atoms with Gasteiger partial charge in [-0.2, -0.15) is 0 Å². The van der Waals surface area contributed by atoms with Crippen LogP contribution in [0, 0.1) is 13.8 Å². The van der Waals surface area contributed by atoms with Crippen LogP contribution in [0.5, 0.6) is 0 Å². The summed E-state index contributed by atoms with van der Waals surface area (Å²) < 4.78 is 5.50. The lowest BCUT2D eigenvalue weighted by Crippen LogP contribution is -2.52. The summed E-state index contributed by atoms with van der Waals surface area (Å²) in [5, 5.41) is 9.33. The number of carbonyl (C=O) groups excluding carboxylic acids is 1. The van der Waals surface area contributed by atoms with E-state index in [1.807, 2.05) is 24.8 Å². The van der Waals surface area contributed by atoms with E-state index in [4.69, 9.17) is 4.42 Å². The first-order chi connectivity index (χ1) is 9.56. The van der Waals surface area contributed by atoms with Gasteiger partial charge in [0.2, 0.25) is 0 Å². The second-order valence-corrected chi connectivity index (χ2v) is 5.42. The SMILES string of the molecule is CCC(CO)N1CCN(C(=O)c2cc(C)c(C)o2)CC1. The van der Waals surface area contributed by atoms with E-state index in [1.54, 1.807) is 0 Å². The molecule has 0 radical (unpaired) electrons. The van der Waals surface area contributed by atoms with Gasteiger partial charge >= 0.3 is 0 Å². The third kappa shape index (κ3) is 3.04. The first-order valence-electron chi connectivity index (χ1n) is 7.28. The smallest absolute Gasteiger partial charge is 0.289 e. The zero-order valence-electron chi connectivity index (χ0n) is 12.6. The standard InChI is InChI=1S/C15H24N2O3/c1-4-13(10-18)16-5-7-17(8-6-16)15(19)14-9-11(2)12(3)20-14/h9,13,18H,4-8,10H2,1-3H3. The van der Waals surface area contributed by atoms with Gasteiger partial charge in [0.1, 0.15) is 5.76 Å². The number of hydrogen-bond acceptors (Lipinski definition) is 4. The lowest BCUT2D eigenvalue weighted by atomic mass is 10.1. The molecule has 0 spiro atoms. The Kier molecular flexibility index (Phi) is 4.83. The Bertz CT molecular complexity index is 438. The quantitative estimate of drug-likeness (QED) is 0.906. The van der Waals surface area contributed by atoms with Gasteiger partial charge in [0, 0.05) is 32.2 Å². The summed E-state index contributed by atoms with van der Waals surface area (Å²) >= 11 is 0. The maximum atomic E-state index is 12.3. The molecule has 1 aliphatic heterocycles. The number of furan rings is 1. The Hall–Kier alpha value is -1.33. The van der Waals surface area contributed by atoms with E-state index in [9.17, 15) is 9.90 Å². The molecule has 1 fully saturated rings. The summed E-state index contributed by atoms with van der Waals surface area (Å²) in [6.45, 7) is 9.07. The number of aryl methyl sites for hydroxylation is 2. The van der Waals surface area contributed by atoms with Gasteiger partial charge in [0.05, 0.1) is 6.61 Å². The van der Waals surface area contributed by atoms with Crippen LogP contribution in [-0.4, -0.2) is 59.6 Å². The number of hydrogen-bond donors (Lipinski definition) is 1. The van der Waals surface area contributed by atoms with Crippen molar-refractivity contribution in [3.05, 3.63) is 23.2 Å². The van der Waals surface area contributed by atoms with Crippen LogP contribution in [0.25, 0.3) is 0 Å². The molecule has 0 aliphatic carbocycles. The molecule has 0 bridgehead atoms. The molecule has 1 aromatic rings. The molecule has 20 heavy (non-hydrogen) atoms. The zero-order chi connectivity index (χ0) is 14.7. The predicted octanol–water partition coefficient (Wildman–Crippen LogP) is 1.43. The van der Waals surface area contributed by atoms with Gasteiger partial charge in [-0.05, 0) is 31.9 Å². The number of amides is 1. The van der Waals surface area contributed by atoms with E-state index in [0.29, 0.717) is 18.8 Å². The Labute approximate surface area is 120 Å². The molecule has 1 unspecified atom stereocenters. The van der Waals surface area contributed by atoms with Crippen molar-refractivity contribution in [2.75, 3.05) is 32.8 Å². The van der Waals surface area contributed by atoms with Crippen LogP contribution >= 0.6 is 0 Å². The van der Waals surface area contributed by atoms with E-state index in [-0.39, 0.29) is 18.6 Å². The minimum absolute atomic E-state index is 0.0297. The summed E-state index contributed by atoms with van der Waals surface area (Å²) in [6.07, 6.45) is 0.932. The molecule has 5 heteroatoms. The molecule has 2 heterocycles. The van der Waals surface area contributed by atoms with Gasteiger partial charge in [-0.25, -0.2) is 0 Å². The number of nitrogens with zero attached hydrogens (tertiary/aromatic N) is 2. The molecule has 1 saturated heterocycles. The highest BCUT2D eigenvalue weighted by molar-refractivity contribution is 5.91. The second kappa shape index (κ2) is 6.41. The average Bonchev–Trinajstić information content (AvgIpc) is 2.80. The van der Waals surface area contributed by atoms with E-state index in [1.165, 1.54) is 0 Å². The largest absolute Gasteiger partial charge is 0.456 e. The van der Waals surface area contributed by atoms with Crippen LogP contribution in [-0.2, 0) is 0 Å². The molecule has 0 saturated carbocycles. The van der Waals surface area contributed by atoms with E-state index in [2.05, 4.69) is 11.8 Å². The molecule has 1 atom stereocenters. The van der Waals surface area contributed by atoms with Crippen LogP contribution in [0.15, 0.2) is 10.5 Å². The summed E-state index contributed by atoms with van der Waals surface area (Å²) in [5.74, 6) is 1.21. The van der Waals surface area contributed by atoms with Gasteiger partial charge in [-0.3, -0.25) is 9.69 Å².